The molecule has 0 unspecified atom stereocenters. The predicted molar refractivity (Wildman–Crippen MR) is 113 cm³/mol. The van der Waals surface area contributed by atoms with E-state index in [-0.39, 0.29) is 5.91 Å². The SMILES string of the molecule is Cc1cc(C(=O)N2CCCc3ccccc32)nc(NCCC2=CCCCC2)n1. The number of nitrogens with one attached hydrogen (secondary N) is 1. The van der Waals surface area contributed by atoms with E-state index in [4.69, 9.17) is 0 Å². The normalized spacial score (nSPS) is 16.3. The fourth-order valence-electron chi connectivity index (χ4n) is 4.11. The average Bonchev–Trinajstić information content (AvgIpc) is 2.73. The van der Waals surface area contributed by atoms with Crippen molar-refractivity contribution in [3.63, 3.8) is 0 Å². The Hall–Kier alpha value is -2.69. The molecule has 0 bridgehead atoms. The van der Waals surface area contributed by atoms with Gasteiger partial charge in [0.25, 0.3) is 5.91 Å². The molecule has 5 heteroatoms. The smallest absolute Gasteiger partial charge is 0.277 e. The van der Waals surface area contributed by atoms with Gasteiger partial charge in [-0.1, -0.05) is 29.8 Å². The van der Waals surface area contributed by atoms with E-state index >= 15 is 0 Å². The lowest BCUT2D eigenvalue weighted by molar-refractivity contribution is 0.0980. The predicted octanol–water partition coefficient (Wildman–Crippen LogP) is 4.68. The number of hydrogen-bond acceptors (Lipinski definition) is 4. The van der Waals surface area contributed by atoms with E-state index in [1.807, 2.05) is 30.0 Å². The minimum Gasteiger partial charge on any atom is -0.354 e. The van der Waals surface area contributed by atoms with E-state index in [1.165, 1.54) is 36.8 Å². The minimum atomic E-state index is -0.0457. The Morgan fingerprint density at radius 3 is 2.89 bits per heavy atom. The number of carbonyl (C=O) groups is 1. The van der Waals surface area contributed by atoms with Crippen molar-refractivity contribution >= 4 is 17.5 Å². The van der Waals surface area contributed by atoms with E-state index in [9.17, 15) is 4.79 Å². The lowest BCUT2D eigenvalue weighted by Gasteiger charge is -2.29. The second kappa shape index (κ2) is 8.55. The number of carbonyl (C=O) groups excluding carboxylic acids is 1. The van der Waals surface area contributed by atoms with Crippen LogP contribution in [-0.4, -0.2) is 29.0 Å². The van der Waals surface area contributed by atoms with Crippen LogP contribution in [0, 0.1) is 6.92 Å². The number of hydrogen-bond donors (Lipinski definition) is 1. The zero-order valence-electron chi connectivity index (χ0n) is 16.6. The number of allylic oxidation sites excluding steroid dienone is 1. The van der Waals surface area contributed by atoms with Gasteiger partial charge in [-0.3, -0.25) is 4.79 Å². The number of para-hydroxylation sites is 1. The number of aryl methyl sites for hydroxylation is 2. The standard InChI is InChI=1S/C23H28N4O/c1-17-16-20(22(28)27-15-7-11-19-10-5-6-12-21(19)27)26-23(25-17)24-14-13-18-8-3-2-4-9-18/h5-6,8,10,12,16H,2-4,7,9,11,13-15H2,1H3,(H,24,25,26). The lowest BCUT2D eigenvalue weighted by atomic mass is 9.97. The number of amides is 1. The van der Waals surface area contributed by atoms with Gasteiger partial charge in [0, 0.05) is 24.5 Å². The Labute approximate surface area is 166 Å². The Bertz CT molecular complexity index is 890. The highest BCUT2D eigenvalue weighted by Crippen LogP contribution is 2.28. The first-order valence-electron chi connectivity index (χ1n) is 10.4. The van der Waals surface area contributed by atoms with Crippen molar-refractivity contribution < 1.29 is 4.79 Å². The fourth-order valence-corrected chi connectivity index (χ4v) is 4.11. The molecule has 28 heavy (non-hydrogen) atoms. The summed E-state index contributed by atoms with van der Waals surface area (Å²) in [5, 5.41) is 3.32. The van der Waals surface area contributed by atoms with Crippen LogP contribution in [0.15, 0.2) is 42.0 Å². The molecule has 146 valence electrons. The number of rotatable bonds is 5. The molecule has 5 nitrogen and oxygen atoms in total. The van der Waals surface area contributed by atoms with Crippen LogP contribution in [0.2, 0.25) is 0 Å². The third kappa shape index (κ3) is 4.24. The number of nitrogens with zero attached hydrogens (tertiary/aromatic N) is 3. The monoisotopic (exact) mass is 376 g/mol. The van der Waals surface area contributed by atoms with Gasteiger partial charge >= 0.3 is 0 Å². The second-order valence-electron chi connectivity index (χ2n) is 7.69. The molecule has 0 fully saturated rings. The highest BCUT2D eigenvalue weighted by molar-refractivity contribution is 6.05. The first-order valence-corrected chi connectivity index (χ1v) is 10.4. The van der Waals surface area contributed by atoms with Crippen molar-refractivity contribution in [3.05, 3.63) is 58.9 Å². The maximum absolute atomic E-state index is 13.2. The van der Waals surface area contributed by atoms with E-state index in [0.717, 1.165) is 43.7 Å². The third-order valence-corrected chi connectivity index (χ3v) is 5.54. The zero-order valence-corrected chi connectivity index (χ0v) is 16.6. The zero-order chi connectivity index (χ0) is 19.3. The highest BCUT2D eigenvalue weighted by atomic mass is 16.2. The van der Waals surface area contributed by atoms with Crippen LogP contribution in [-0.2, 0) is 6.42 Å². The van der Waals surface area contributed by atoms with Crippen LogP contribution in [0.4, 0.5) is 11.6 Å². The summed E-state index contributed by atoms with van der Waals surface area (Å²) in [6, 6.07) is 9.94. The Kier molecular flexibility index (Phi) is 5.70. The quantitative estimate of drug-likeness (QED) is 0.770. The molecule has 1 aromatic carbocycles. The summed E-state index contributed by atoms with van der Waals surface area (Å²) < 4.78 is 0. The number of anilines is 2. The molecular weight excluding hydrogens is 348 g/mol. The molecule has 1 aliphatic heterocycles. The molecule has 1 N–H and O–H groups in total. The van der Waals surface area contributed by atoms with Crippen LogP contribution in [0.5, 0.6) is 0 Å². The van der Waals surface area contributed by atoms with Gasteiger partial charge in [0.15, 0.2) is 0 Å². The average molecular weight is 377 g/mol. The van der Waals surface area contributed by atoms with Crippen molar-refractivity contribution in [1.82, 2.24) is 9.97 Å². The summed E-state index contributed by atoms with van der Waals surface area (Å²) in [4.78, 5) is 24.1. The van der Waals surface area contributed by atoms with Crippen molar-refractivity contribution in [1.29, 1.82) is 0 Å². The van der Waals surface area contributed by atoms with Gasteiger partial charge in [-0.2, -0.15) is 0 Å². The molecule has 2 heterocycles. The fraction of sp³-hybridized carbons (Fsp3) is 0.435. The van der Waals surface area contributed by atoms with E-state index < -0.39 is 0 Å². The molecule has 1 amide bonds. The molecule has 1 aromatic heterocycles. The van der Waals surface area contributed by atoms with Crippen molar-refractivity contribution in [3.8, 4) is 0 Å². The van der Waals surface area contributed by atoms with Crippen molar-refractivity contribution in [2.45, 2.75) is 51.9 Å². The van der Waals surface area contributed by atoms with Crippen molar-refractivity contribution in [2.75, 3.05) is 23.3 Å². The number of fused-ring (bicyclic) bond motifs is 1. The molecule has 0 saturated heterocycles. The van der Waals surface area contributed by atoms with Crippen LogP contribution < -0.4 is 10.2 Å². The summed E-state index contributed by atoms with van der Waals surface area (Å²) in [7, 11) is 0. The van der Waals surface area contributed by atoms with Gasteiger partial charge in [-0.25, -0.2) is 9.97 Å². The Balaban J connectivity index is 1.47. The van der Waals surface area contributed by atoms with E-state index in [0.29, 0.717) is 11.6 Å². The maximum atomic E-state index is 13.2. The van der Waals surface area contributed by atoms with Gasteiger partial charge in [0.1, 0.15) is 5.69 Å². The summed E-state index contributed by atoms with van der Waals surface area (Å²) in [5.74, 6) is 0.501. The Morgan fingerprint density at radius 2 is 2.04 bits per heavy atom. The molecule has 2 aromatic rings. The summed E-state index contributed by atoms with van der Waals surface area (Å²) in [5.41, 5.74) is 5.03. The van der Waals surface area contributed by atoms with Crippen LogP contribution in [0.1, 0.15) is 60.3 Å². The largest absolute Gasteiger partial charge is 0.354 e. The minimum absolute atomic E-state index is 0.0457. The van der Waals surface area contributed by atoms with E-state index in [1.54, 1.807) is 6.07 Å². The molecular formula is C23H28N4O. The van der Waals surface area contributed by atoms with Crippen LogP contribution in [0.3, 0.4) is 0 Å². The maximum Gasteiger partial charge on any atom is 0.277 e. The van der Waals surface area contributed by atoms with Gasteiger partial charge in [-0.15, -0.1) is 0 Å². The topological polar surface area (TPSA) is 58.1 Å². The summed E-state index contributed by atoms with van der Waals surface area (Å²) >= 11 is 0. The third-order valence-electron chi connectivity index (χ3n) is 5.54. The number of aromatic nitrogens is 2. The number of benzene rings is 1. The van der Waals surface area contributed by atoms with Crippen LogP contribution >= 0.6 is 0 Å². The molecule has 2 aliphatic rings. The van der Waals surface area contributed by atoms with E-state index in [2.05, 4.69) is 27.4 Å². The van der Waals surface area contributed by atoms with Gasteiger partial charge in [0.2, 0.25) is 5.95 Å². The second-order valence-corrected chi connectivity index (χ2v) is 7.69. The summed E-state index contributed by atoms with van der Waals surface area (Å²) in [6.45, 7) is 3.45. The molecule has 4 rings (SSSR count). The Morgan fingerprint density at radius 1 is 1.14 bits per heavy atom. The summed E-state index contributed by atoms with van der Waals surface area (Å²) in [6.07, 6.45) is 10.4. The van der Waals surface area contributed by atoms with Crippen LogP contribution in [0.25, 0.3) is 0 Å². The van der Waals surface area contributed by atoms with Gasteiger partial charge in [-0.05, 0) is 69.6 Å². The van der Waals surface area contributed by atoms with Gasteiger partial charge in [0.05, 0.1) is 0 Å². The molecule has 1 aliphatic carbocycles. The van der Waals surface area contributed by atoms with Gasteiger partial charge < -0.3 is 10.2 Å². The first kappa shape index (κ1) is 18.7. The highest BCUT2D eigenvalue weighted by Gasteiger charge is 2.24. The molecule has 0 radical (unpaired) electrons. The molecule has 0 saturated carbocycles. The molecule has 0 spiro atoms. The lowest BCUT2D eigenvalue weighted by Crippen LogP contribution is -2.36. The molecule has 0 atom stereocenters. The van der Waals surface area contributed by atoms with Crippen molar-refractivity contribution in [2.24, 2.45) is 0 Å². The first-order chi connectivity index (χ1) is 13.7.